The van der Waals surface area contributed by atoms with E-state index in [1.54, 1.807) is 6.07 Å². The van der Waals surface area contributed by atoms with Gasteiger partial charge in [0.1, 0.15) is 17.3 Å². The number of carbonyl (C=O) groups excluding carboxylic acids is 1. The van der Waals surface area contributed by atoms with Crippen LogP contribution in [0, 0.1) is 37.4 Å². The average Bonchev–Trinajstić information content (AvgIpc) is 2.83. The van der Waals surface area contributed by atoms with Crippen LogP contribution in [0.3, 0.4) is 0 Å². The van der Waals surface area contributed by atoms with Gasteiger partial charge in [-0.05, 0) is 69.5 Å². The molecule has 0 spiro atoms. The van der Waals surface area contributed by atoms with Crippen molar-refractivity contribution in [2.24, 2.45) is 5.92 Å². The molecular formula is C29H29FN2O3. The fourth-order valence-corrected chi connectivity index (χ4v) is 4.23. The summed E-state index contributed by atoms with van der Waals surface area (Å²) >= 11 is 0. The van der Waals surface area contributed by atoms with E-state index in [4.69, 9.17) is 4.74 Å². The summed E-state index contributed by atoms with van der Waals surface area (Å²) in [6.45, 7) is 6.52. The molecule has 6 heteroatoms. The molecule has 1 aromatic heterocycles. The molecule has 2 aromatic carbocycles. The van der Waals surface area contributed by atoms with Crippen molar-refractivity contribution in [2.45, 2.75) is 45.8 Å². The number of carbonyl (C=O) groups is 1. The van der Waals surface area contributed by atoms with Crippen LogP contribution >= 0.6 is 0 Å². The Morgan fingerprint density at radius 2 is 1.94 bits per heavy atom. The van der Waals surface area contributed by atoms with Gasteiger partial charge < -0.3 is 15.2 Å². The minimum Gasteiger partial charge on any atom is -0.508 e. The molecule has 0 saturated carbocycles. The number of rotatable bonds is 4. The Hall–Kier alpha value is -3.69. The van der Waals surface area contributed by atoms with Crippen LogP contribution in [0.2, 0.25) is 0 Å². The molecule has 2 N–H and O–H groups in total. The van der Waals surface area contributed by atoms with Gasteiger partial charge in [-0.25, -0.2) is 9.37 Å². The molecule has 1 amide bonds. The van der Waals surface area contributed by atoms with Gasteiger partial charge in [-0.1, -0.05) is 41.7 Å². The second-order valence-electron chi connectivity index (χ2n) is 9.07. The Kier molecular flexibility index (Phi) is 7.48. The van der Waals surface area contributed by atoms with Gasteiger partial charge in [-0.3, -0.25) is 4.79 Å². The number of phenolic OH excluding ortho intramolecular Hbond substituents is 1. The number of phenols is 1. The highest BCUT2D eigenvalue weighted by Crippen LogP contribution is 2.30. The average molecular weight is 473 g/mol. The summed E-state index contributed by atoms with van der Waals surface area (Å²) < 4.78 is 19.6. The third-order valence-corrected chi connectivity index (χ3v) is 6.08. The normalized spacial score (nSPS) is 18.3. The van der Waals surface area contributed by atoms with Crippen molar-refractivity contribution in [2.75, 3.05) is 6.61 Å². The van der Waals surface area contributed by atoms with E-state index in [0.717, 1.165) is 18.4 Å². The fourth-order valence-electron chi connectivity index (χ4n) is 4.23. The third kappa shape index (κ3) is 6.26. The van der Waals surface area contributed by atoms with Crippen molar-refractivity contribution < 1.29 is 19.0 Å². The first-order chi connectivity index (χ1) is 16.8. The maximum Gasteiger partial charge on any atom is 0.270 e. The summed E-state index contributed by atoms with van der Waals surface area (Å²) in [6, 6.07) is 13.9. The number of pyridine rings is 1. The highest BCUT2D eigenvalue weighted by Gasteiger charge is 2.23. The number of nitrogens with zero attached hydrogens (tertiary/aromatic N) is 1. The van der Waals surface area contributed by atoms with Crippen LogP contribution in [-0.2, 0) is 4.74 Å². The minimum atomic E-state index is -0.764. The Labute approximate surface area is 205 Å². The molecule has 0 radical (unpaired) electrons. The van der Waals surface area contributed by atoms with E-state index >= 15 is 0 Å². The molecule has 2 heterocycles. The van der Waals surface area contributed by atoms with Crippen LogP contribution in [-0.4, -0.2) is 28.7 Å². The van der Waals surface area contributed by atoms with E-state index in [1.807, 2.05) is 51.1 Å². The summed E-state index contributed by atoms with van der Waals surface area (Å²) in [5.41, 5.74) is 3.62. The van der Waals surface area contributed by atoms with Crippen LogP contribution in [0.1, 0.15) is 64.2 Å². The number of aromatic hydroxyl groups is 1. The third-order valence-electron chi connectivity index (χ3n) is 6.08. The van der Waals surface area contributed by atoms with Gasteiger partial charge in [-0.2, -0.15) is 0 Å². The number of nitrogens with one attached hydrogen (secondary N) is 1. The summed E-state index contributed by atoms with van der Waals surface area (Å²) in [5, 5.41) is 13.4. The molecule has 3 aromatic rings. The first-order valence-electron chi connectivity index (χ1n) is 11.8. The summed E-state index contributed by atoms with van der Waals surface area (Å²) in [4.78, 5) is 17.7. The SMILES string of the molecule is Cc1ccc(C(NC(=O)c2cc(C#C[C@@H]3CCO[C@H](C)C3)cc(C)n2)c2cc(F)ccc2O)cc1. The highest BCUT2D eigenvalue weighted by molar-refractivity contribution is 5.93. The quantitative estimate of drug-likeness (QED) is 0.510. The first kappa shape index (κ1) is 24.4. The van der Waals surface area contributed by atoms with E-state index in [2.05, 4.69) is 22.1 Å². The highest BCUT2D eigenvalue weighted by atomic mass is 19.1. The predicted octanol–water partition coefficient (Wildman–Crippen LogP) is 5.23. The molecular weight excluding hydrogens is 443 g/mol. The van der Waals surface area contributed by atoms with Gasteiger partial charge in [-0.15, -0.1) is 0 Å². The zero-order chi connectivity index (χ0) is 24.9. The van der Waals surface area contributed by atoms with Crippen molar-refractivity contribution >= 4 is 5.91 Å². The van der Waals surface area contributed by atoms with Crippen LogP contribution in [0.25, 0.3) is 0 Å². The second-order valence-corrected chi connectivity index (χ2v) is 9.07. The van der Waals surface area contributed by atoms with Gasteiger partial charge in [0.05, 0.1) is 12.1 Å². The number of aromatic nitrogens is 1. The number of amides is 1. The molecule has 0 aliphatic carbocycles. The monoisotopic (exact) mass is 472 g/mol. The maximum atomic E-state index is 14.1. The lowest BCUT2D eigenvalue weighted by atomic mass is 9.96. The number of hydrogen-bond acceptors (Lipinski definition) is 4. The fraction of sp³-hybridized carbons (Fsp3) is 0.310. The molecule has 1 saturated heterocycles. The van der Waals surface area contributed by atoms with E-state index in [9.17, 15) is 14.3 Å². The zero-order valence-corrected chi connectivity index (χ0v) is 20.1. The van der Waals surface area contributed by atoms with Gasteiger partial charge >= 0.3 is 0 Å². The van der Waals surface area contributed by atoms with Crippen LogP contribution in [0.15, 0.2) is 54.6 Å². The molecule has 1 aliphatic heterocycles. The summed E-state index contributed by atoms with van der Waals surface area (Å²) in [7, 11) is 0. The second kappa shape index (κ2) is 10.7. The molecule has 4 rings (SSSR count). The van der Waals surface area contributed by atoms with Crippen LogP contribution in [0.5, 0.6) is 5.75 Å². The predicted molar refractivity (Wildman–Crippen MR) is 133 cm³/mol. The van der Waals surface area contributed by atoms with Crippen molar-refractivity contribution in [1.29, 1.82) is 0 Å². The Balaban J connectivity index is 1.63. The van der Waals surface area contributed by atoms with E-state index in [-0.39, 0.29) is 29.0 Å². The molecule has 35 heavy (non-hydrogen) atoms. The van der Waals surface area contributed by atoms with Crippen molar-refractivity contribution in [3.05, 3.63) is 94.1 Å². The molecule has 3 atom stereocenters. The molecule has 1 aliphatic rings. The number of halogens is 1. The Morgan fingerprint density at radius 3 is 2.69 bits per heavy atom. The minimum absolute atomic E-state index is 0.105. The summed E-state index contributed by atoms with van der Waals surface area (Å²) in [5.74, 6) is 5.71. The molecule has 1 unspecified atom stereocenters. The molecule has 5 nitrogen and oxygen atoms in total. The van der Waals surface area contributed by atoms with Crippen LogP contribution in [0.4, 0.5) is 4.39 Å². The van der Waals surface area contributed by atoms with Crippen molar-refractivity contribution in [3.63, 3.8) is 0 Å². The maximum absolute atomic E-state index is 14.1. The van der Waals surface area contributed by atoms with Crippen LogP contribution < -0.4 is 5.32 Å². The molecule has 180 valence electrons. The standard InChI is InChI=1S/C29H29FN2O3/c1-18-4-8-23(9-5-18)28(25-17-24(30)10-11-27(25)33)32-29(34)26-16-22(14-19(2)31-26)7-6-21-12-13-35-20(3)15-21/h4-5,8-11,14,16-17,20-21,28,33H,12-13,15H2,1-3H3,(H,32,34)/t20-,21-,28?/m1/s1. The van der Waals surface area contributed by atoms with Gasteiger partial charge in [0.15, 0.2) is 0 Å². The van der Waals surface area contributed by atoms with Gasteiger partial charge in [0, 0.05) is 29.3 Å². The zero-order valence-electron chi connectivity index (χ0n) is 20.1. The lowest BCUT2D eigenvalue weighted by Crippen LogP contribution is -2.30. The lowest BCUT2D eigenvalue weighted by Gasteiger charge is -2.23. The topological polar surface area (TPSA) is 71.5 Å². The summed E-state index contributed by atoms with van der Waals surface area (Å²) in [6.07, 6.45) is 1.98. The number of benzene rings is 2. The van der Waals surface area contributed by atoms with E-state index < -0.39 is 17.8 Å². The van der Waals surface area contributed by atoms with Crippen molar-refractivity contribution in [3.8, 4) is 17.6 Å². The molecule has 1 fully saturated rings. The largest absolute Gasteiger partial charge is 0.508 e. The van der Waals surface area contributed by atoms with Crippen molar-refractivity contribution in [1.82, 2.24) is 10.3 Å². The Morgan fingerprint density at radius 1 is 1.17 bits per heavy atom. The number of ether oxygens (including phenoxy) is 1. The van der Waals surface area contributed by atoms with E-state index in [0.29, 0.717) is 23.4 Å². The first-order valence-corrected chi connectivity index (χ1v) is 11.8. The lowest BCUT2D eigenvalue weighted by molar-refractivity contribution is 0.0144. The van der Waals surface area contributed by atoms with Gasteiger partial charge in [0.25, 0.3) is 5.91 Å². The number of aryl methyl sites for hydroxylation is 2. The molecule has 0 bridgehead atoms. The van der Waals surface area contributed by atoms with E-state index in [1.165, 1.54) is 18.2 Å². The smallest absolute Gasteiger partial charge is 0.270 e. The van der Waals surface area contributed by atoms with Gasteiger partial charge in [0.2, 0.25) is 0 Å². The Bertz CT molecular complexity index is 1280. The number of hydrogen-bond donors (Lipinski definition) is 2.